The molecule has 172 valence electrons. The normalized spacial score (nSPS) is 21.0. The molecule has 0 aliphatic heterocycles. The van der Waals surface area contributed by atoms with Gasteiger partial charge in [0.2, 0.25) is 0 Å². The van der Waals surface area contributed by atoms with E-state index in [0.717, 1.165) is 55.9 Å². The fraction of sp³-hybridized carbons (Fsp3) is 0.577. The van der Waals surface area contributed by atoms with Crippen molar-refractivity contribution in [3.05, 3.63) is 53.5 Å². The number of carbonyl (C=O) groups is 1. The molecule has 1 aromatic rings. The van der Waals surface area contributed by atoms with Crippen LogP contribution in [-0.2, 0) is 20.7 Å². The Bertz CT molecular complexity index is 770. The van der Waals surface area contributed by atoms with E-state index in [1.54, 1.807) is 21.3 Å². The van der Waals surface area contributed by atoms with E-state index in [9.17, 15) is 4.79 Å². The summed E-state index contributed by atoms with van der Waals surface area (Å²) in [5.41, 5.74) is 1.03. The van der Waals surface area contributed by atoms with Crippen molar-refractivity contribution in [1.82, 2.24) is 4.90 Å². The largest absolute Gasteiger partial charge is 0.497 e. The molecular weight excluding hydrogens is 390 g/mol. The summed E-state index contributed by atoms with van der Waals surface area (Å²) >= 11 is 0. The molecule has 2 rings (SSSR count). The van der Waals surface area contributed by atoms with Gasteiger partial charge in [0.25, 0.3) is 0 Å². The molecule has 1 aliphatic carbocycles. The van der Waals surface area contributed by atoms with Crippen molar-refractivity contribution in [2.45, 2.75) is 39.5 Å². The lowest BCUT2D eigenvalue weighted by Gasteiger charge is -2.46. The van der Waals surface area contributed by atoms with Crippen LogP contribution < -0.4 is 4.74 Å². The van der Waals surface area contributed by atoms with Gasteiger partial charge in [-0.2, -0.15) is 0 Å². The van der Waals surface area contributed by atoms with Crippen molar-refractivity contribution < 1.29 is 19.0 Å². The zero-order chi connectivity index (χ0) is 22.9. The number of likely N-dealkylation sites (N-methyl/N-ethyl adjacent to an activating group) is 1. The predicted molar refractivity (Wildman–Crippen MR) is 125 cm³/mol. The van der Waals surface area contributed by atoms with E-state index in [-0.39, 0.29) is 11.3 Å². The number of benzene rings is 1. The van der Waals surface area contributed by atoms with Crippen LogP contribution in [0.4, 0.5) is 0 Å². The average molecular weight is 430 g/mol. The first-order valence-electron chi connectivity index (χ1n) is 11.2. The van der Waals surface area contributed by atoms with Crippen LogP contribution in [0.2, 0.25) is 0 Å². The molecule has 0 heterocycles. The number of aldehydes is 1. The van der Waals surface area contributed by atoms with Crippen LogP contribution in [0.25, 0.3) is 0 Å². The van der Waals surface area contributed by atoms with Gasteiger partial charge in [0.05, 0.1) is 21.3 Å². The molecule has 0 spiro atoms. The van der Waals surface area contributed by atoms with Crippen molar-refractivity contribution in [3.8, 4) is 5.75 Å². The van der Waals surface area contributed by atoms with Crippen molar-refractivity contribution in [2.75, 3.05) is 41.5 Å². The van der Waals surface area contributed by atoms with Crippen LogP contribution in [0, 0.1) is 17.3 Å². The molecule has 31 heavy (non-hydrogen) atoms. The van der Waals surface area contributed by atoms with Gasteiger partial charge in [-0.3, -0.25) is 0 Å². The van der Waals surface area contributed by atoms with E-state index in [0.29, 0.717) is 12.3 Å². The Morgan fingerprint density at radius 2 is 1.90 bits per heavy atom. The van der Waals surface area contributed by atoms with Crippen molar-refractivity contribution >= 4 is 6.29 Å². The summed E-state index contributed by atoms with van der Waals surface area (Å²) in [7, 11) is 7.25. The Kier molecular flexibility index (Phi) is 9.63. The van der Waals surface area contributed by atoms with Gasteiger partial charge in [-0.1, -0.05) is 32.1 Å². The molecule has 5 heteroatoms. The SMILES string of the molecule is COC1=C(OC)C(CCCN(C)CCc2cccc(OC)c2)(C(C)C)C(CC=O)C=C1. The van der Waals surface area contributed by atoms with Gasteiger partial charge < -0.3 is 23.9 Å². The fourth-order valence-electron chi connectivity index (χ4n) is 4.87. The predicted octanol–water partition coefficient (Wildman–Crippen LogP) is 4.87. The molecule has 0 saturated carbocycles. The van der Waals surface area contributed by atoms with Gasteiger partial charge in [-0.15, -0.1) is 0 Å². The monoisotopic (exact) mass is 429 g/mol. The number of hydrogen-bond acceptors (Lipinski definition) is 5. The lowest BCUT2D eigenvalue weighted by atomic mass is 9.60. The second-order valence-electron chi connectivity index (χ2n) is 8.67. The quantitative estimate of drug-likeness (QED) is 0.419. The summed E-state index contributed by atoms with van der Waals surface area (Å²) in [6.45, 7) is 6.40. The number of carbonyl (C=O) groups excluding carboxylic acids is 1. The van der Waals surface area contributed by atoms with E-state index >= 15 is 0 Å². The topological polar surface area (TPSA) is 48.0 Å². The van der Waals surface area contributed by atoms with E-state index < -0.39 is 0 Å². The highest BCUT2D eigenvalue weighted by Crippen LogP contribution is 2.52. The van der Waals surface area contributed by atoms with Crippen LogP contribution in [-0.4, -0.2) is 52.7 Å². The minimum atomic E-state index is -0.247. The van der Waals surface area contributed by atoms with Gasteiger partial charge in [-0.05, 0) is 68.5 Å². The molecule has 0 amide bonds. The van der Waals surface area contributed by atoms with E-state index in [2.05, 4.69) is 44.0 Å². The molecule has 1 aliphatic rings. The van der Waals surface area contributed by atoms with Crippen molar-refractivity contribution in [3.63, 3.8) is 0 Å². The van der Waals surface area contributed by atoms with E-state index in [1.807, 2.05) is 18.2 Å². The Balaban J connectivity index is 2.06. The Labute approximate surface area is 188 Å². The summed E-state index contributed by atoms with van der Waals surface area (Å²) in [4.78, 5) is 13.8. The highest BCUT2D eigenvalue weighted by molar-refractivity contribution is 5.52. The van der Waals surface area contributed by atoms with Crippen LogP contribution >= 0.6 is 0 Å². The van der Waals surface area contributed by atoms with Gasteiger partial charge >= 0.3 is 0 Å². The Morgan fingerprint density at radius 3 is 2.52 bits per heavy atom. The van der Waals surface area contributed by atoms with Gasteiger partial charge in [0, 0.05) is 18.4 Å². The molecule has 0 fully saturated rings. The molecule has 0 aromatic heterocycles. The van der Waals surface area contributed by atoms with E-state index in [1.165, 1.54) is 5.56 Å². The summed E-state index contributed by atoms with van der Waals surface area (Å²) in [6.07, 6.45) is 8.53. The van der Waals surface area contributed by atoms with Crippen LogP contribution in [0.15, 0.2) is 47.9 Å². The number of nitrogens with zero attached hydrogens (tertiary/aromatic N) is 1. The van der Waals surface area contributed by atoms with E-state index in [4.69, 9.17) is 14.2 Å². The van der Waals surface area contributed by atoms with Crippen LogP contribution in [0.5, 0.6) is 5.75 Å². The molecule has 1 aromatic carbocycles. The molecule has 0 bridgehead atoms. The first-order valence-corrected chi connectivity index (χ1v) is 11.2. The van der Waals surface area contributed by atoms with Crippen LogP contribution in [0.1, 0.15) is 38.7 Å². The Hall–Kier alpha value is -2.27. The zero-order valence-electron chi connectivity index (χ0n) is 20.0. The molecule has 0 N–H and O–H groups in total. The number of hydrogen-bond donors (Lipinski definition) is 0. The lowest BCUT2D eigenvalue weighted by Crippen LogP contribution is -2.41. The summed E-state index contributed by atoms with van der Waals surface area (Å²) < 4.78 is 16.8. The zero-order valence-corrected chi connectivity index (χ0v) is 20.0. The fourth-order valence-corrected chi connectivity index (χ4v) is 4.87. The van der Waals surface area contributed by atoms with Crippen LogP contribution in [0.3, 0.4) is 0 Å². The van der Waals surface area contributed by atoms with Gasteiger partial charge in [0.1, 0.15) is 17.8 Å². The second kappa shape index (κ2) is 11.9. The first kappa shape index (κ1) is 25.0. The third kappa shape index (κ3) is 5.91. The number of methoxy groups -OCH3 is 3. The highest BCUT2D eigenvalue weighted by Gasteiger charge is 2.47. The van der Waals surface area contributed by atoms with Crippen molar-refractivity contribution in [1.29, 1.82) is 0 Å². The summed E-state index contributed by atoms with van der Waals surface area (Å²) in [5.74, 6) is 2.96. The smallest absolute Gasteiger partial charge is 0.156 e. The highest BCUT2D eigenvalue weighted by atomic mass is 16.5. The third-order valence-corrected chi connectivity index (χ3v) is 6.64. The molecule has 0 radical (unpaired) electrons. The first-order chi connectivity index (χ1) is 14.9. The third-order valence-electron chi connectivity index (χ3n) is 6.64. The minimum absolute atomic E-state index is 0.112. The Morgan fingerprint density at radius 1 is 1.13 bits per heavy atom. The average Bonchev–Trinajstić information content (AvgIpc) is 2.78. The minimum Gasteiger partial charge on any atom is -0.497 e. The number of rotatable bonds is 13. The summed E-state index contributed by atoms with van der Waals surface area (Å²) in [6, 6.07) is 8.25. The number of ether oxygens (including phenoxy) is 3. The molecule has 2 unspecified atom stereocenters. The maximum absolute atomic E-state index is 11.4. The summed E-state index contributed by atoms with van der Waals surface area (Å²) in [5, 5.41) is 0. The lowest BCUT2D eigenvalue weighted by molar-refractivity contribution is -0.109. The standard InChI is InChI=1S/C26H39NO4/c1-20(2)26(22(14-18-28)11-12-24(30-5)25(26)31-6)15-8-16-27(3)17-13-21-9-7-10-23(19-21)29-4/h7,9-12,18-20,22H,8,13-17H2,1-6H3. The second-order valence-corrected chi connectivity index (χ2v) is 8.67. The molecule has 5 nitrogen and oxygen atoms in total. The maximum atomic E-state index is 11.4. The van der Waals surface area contributed by atoms with Gasteiger partial charge in [-0.25, -0.2) is 0 Å². The molecule has 2 atom stereocenters. The molecule has 0 saturated heterocycles. The molecular formula is C26H39NO4. The van der Waals surface area contributed by atoms with Gasteiger partial charge in [0.15, 0.2) is 5.76 Å². The van der Waals surface area contributed by atoms with Crippen molar-refractivity contribution in [2.24, 2.45) is 17.3 Å². The maximum Gasteiger partial charge on any atom is 0.156 e. The number of allylic oxidation sites excluding steroid dienone is 3.